The Bertz CT molecular complexity index is 690. The third kappa shape index (κ3) is 1.47. The van der Waals surface area contributed by atoms with Gasteiger partial charge in [0.1, 0.15) is 0 Å². The normalized spacial score (nSPS) is 29.7. The number of pyridine rings is 1. The number of methoxy groups -OCH3 is 1. The summed E-state index contributed by atoms with van der Waals surface area (Å²) in [6.07, 6.45) is 0.735. The van der Waals surface area contributed by atoms with Crippen molar-refractivity contribution in [3.05, 3.63) is 27.7 Å². The molecule has 4 rings (SSSR count). The van der Waals surface area contributed by atoms with Gasteiger partial charge in [0, 0.05) is 30.6 Å². The number of nitrogens with zero attached hydrogens (tertiary/aromatic N) is 2. The molecule has 4 heterocycles. The molecule has 2 atom stereocenters. The molecule has 1 aromatic heterocycles. The highest BCUT2D eigenvalue weighted by Gasteiger charge is 2.51. The lowest BCUT2D eigenvalue weighted by Gasteiger charge is -2.45. The fraction of sp³-hybridized carbons (Fsp3) is 0.571. The smallest absolute Gasteiger partial charge is 0.275 e. The van der Waals surface area contributed by atoms with E-state index in [2.05, 4.69) is 17.2 Å². The van der Waals surface area contributed by atoms with Gasteiger partial charge in [-0.05, 0) is 0 Å². The number of fused-ring (bicyclic) bond motifs is 1. The van der Waals surface area contributed by atoms with Gasteiger partial charge in [0.2, 0.25) is 5.43 Å². The fourth-order valence-corrected chi connectivity index (χ4v) is 3.60. The number of nitrogens with one attached hydrogen (secondary N) is 1. The van der Waals surface area contributed by atoms with Crippen LogP contribution in [0.2, 0.25) is 0 Å². The van der Waals surface area contributed by atoms with Crippen molar-refractivity contribution in [1.82, 2.24) is 9.99 Å². The van der Waals surface area contributed by atoms with E-state index in [1.54, 1.807) is 6.07 Å². The average molecular weight is 291 g/mol. The molecular formula is C14H17N3O4. The highest BCUT2D eigenvalue weighted by molar-refractivity contribution is 5.97. The number of carbonyl (C=O) groups excluding carboxylic acids is 1. The molecule has 1 amide bonds. The number of aromatic nitrogens is 1. The van der Waals surface area contributed by atoms with Gasteiger partial charge in [-0.3, -0.25) is 19.3 Å². The minimum atomic E-state index is -0.510. The van der Waals surface area contributed by atoms with Crippen molar-refractivity contribution < 1.29 is 14.3 Å². The highest BCUT2D eigenvalue weighted by Crippen LogP contribution is 2.37. The quantitative estimate of drug-likeness (QED) is 0.774. The summed E-state index contributed by atoms with van der Waals surface area (Å²) in [4.78, 5) is 24.7. The molecule has 0 aromatic carbocycles. The summed E-state index contributed by atoms with van der Waals surface area (Å²) < 4.78 is 12.5. The monoisotopic (exact) mass is 291 g/mol. The van der Waals surface area contributed by atoms with Crippen molar-refractivity contribution >= 4 is 5.91 Å². The second-order valence-electron chi connectivity index (χ2n) is 5.90. The number of carbonyl (C=O) groups is 1. The molecule has 1 saturated heterocycles. The maximum Gasteiger partial charge on any atom is 0.275 e. The van der Waals surface area contributed by atoms with E-state index in [1.165, 1.54) is 7.11 Å². The average Bonchev–Trinajstić information content (AvgIpc) is 3.03. The molecular weight excluding hydrogens is 274 g/mol. The summed E-state index contributed by atoms with van der Waals surface area (Å²) in [5.41, 5.74) is 0.393. The fourth-order valence-electron chi connectivity index (χ4n) is 3.60. The molecule has 2 unspecified atom stereocenters. The molecule has 0 saturated carbocycles. The van der Waals surface area contributed by atoms with E-state index in [9.17, 15) is 9.59 Å². The van der Waals surface area contributed by atoms with E-state index < -0.39 is 5.66 Å². The number of rotatable bonds is 1. The second kappa shape index (κ2) is 4.00. The van der Waals surface area contributed by atoms with Gasteiger partial charge in [-0.25, -0.2) is 0 Å². The van der Waals surface area contributed by atoms with Gasteiger partial charge >= 0.3 is 0 Å². The van der Waals surface area contributed by atoms with Crippen LogP contribution in [0, 0.1) is 0 Å². The third-order valence-corrected chi connectivity index (χ3v) is 4.63. The lowest BCUT2D eigenvalue weighted by atomic mass is 10.1. The number of hydrogen-bond donors (Lipinski definition) is 1. The van der Waals surface area contributed by atoms with Crippen molar-refractivity contribution in [1.29, 1.82) is 0 Å². The zero-order valence-electron chi connectivity index (χ0n) is 12.0. The molecule has 1 fully saturated rings. The summed E-state index contributed by atoms with van der Waals surface area (Å²) >= 11 is 0. The van der Waals surface area contributed by atoms with Gasteiger partial charge in [0.25, 0.3) is 5.91 Å². The van der Waals surface area contributed by atoms with Gasteiger partial charge in [-0.15, -0.1) is 0 Å². The van der Waals surface area contributed by atoms with Crippen LogP contribution in [0.5, 0.6) is 5.75 Å². The van der Waals surface area contributed by atoms with Gasteiger partial charge in [0.05, 0.1) is 20.3 Å². The molecule has 0 bridgehead atoms. The van der Waals surface area contributed by atoms with E-state index in [-0.39, 0.29) is 23.0 Å². The minimum Gasteiger partial charge on any atom is -0.491 e. The van der Waals surface area contributed by atoms with Crippen molar-refractivity contribution in [3.8, 4) is 5.75 Å². The van der Waals surface area contributed by atoms with Gasteiger partial charge in [0.15, 0.2) is 17.1 Å². The lowest BCUT2D eigenvalue weighted by molar-refractivity contribution is 0.0790. The van der Waals surface area contributed by atoms with Crippen LogP contribution in [-0.4, -0.2) is 43.1 Å². The van der Waals surface area contributed by atoms with Gasteiger partial charge in [-0.1, -0.05) is 6.92 Å². The molecule has 3 aliphatic heterocycles. The van der Waals surface area contributed by atoms with Crippen LogP contribution in [0.4, 0.5) is 0 Å². The molecule has 1 spiro atoms. The topological polar surface area (TPSA) is 72.8 Å². The first-order valence-electron chi connectivity index (χ1n) is 7.09. The maximum absolute atomic E-state index is 12.6. The molecule has 112 valence electrons. The Morgan fingerprint density at radius 2 is 2.29 bits per heavy atom. The molecule has 1 N–H and O–H groups in total. The van der Waals surface area contributed by atoms with Crippen LogP contribution in [0.25, 0.3) is 0 Å². The Morgan fingerprint density at radius 3 is 2.95 bits per heavy atom. The summed E-state index contributed by atoms with van der Waals surface area (Å²) in [6, 6.07) is 1.58. The van der Waals surface area contributed by atoms with Crippen LogP contribution in [0.3, 0.4) is 0 Å². The summed E-state index contributed by atoms with van der Waals surface area (Å²) in [5.74, 6) is -0.00158. The van der Waals surface area contributed by atoms with Gasteiger partial charge in [-0.2, -0.15) is 0 Å². The zero-order chi connectivity index (χ0) is 14.8. The molecule has 0 radical (unpaired) electrons. The lowest BCUT2D eigenvalue weighted by Crippen LogP contribution is -2.68. The first kappa shape index (κ1) is 12.7. The largest absolute Gasteiger partial charge is 0.491 e. The van der Waals surface area contributed by atoms with Gasteiger partial charge < -0.3 is 14.8 Å². The first-order chi connectivity index (χ1) is 10.1. The van der Waals surface area contributed by atoms with E-state index >= 15 is 0 Å². The van der Waals surface area contributed by atoms with E-state index in [4.69, 9.17) is 9.47 Å². The van der Waals surface area contributed by atoms with Crippen LogP contribution >= 0.6 is 0 Å². The Balaban J connectivity index is 2.01. The predicted octanol–water partition coefficient (Wildman–Crippen LogP) is -0.228. The molecule has 3 aliphatic rings. The molecule has 7 heteroatoms. The Morgan fingerprint density at radius 1 is 1.48 bits per heavy atom. The predicted molar refractivity (Wildman–Crippen MR) is 74.4 cm³/mol. The zero-order valence-corrected chi connectivity index (χ0v) is 12.0. The maximum atomic E-state index is 12.6. The first-order valence-corrected chi connectivity index (χ1v) is 7.09. The van der Waals surface area contributed by atoms with Crippen molar-refractivity contribution in [2.75, 3.05) is 31.9 Å². The molecule has 0 aliphatic carbocycles. The Labute approximate surface area is 121 Å². The standard InChI is InChI=1S/C14H17N3O4/c1-8-6-16-14(3-4-21-7-14)15-13(19)11-12(20-2)10(18)5-9(8)17(11)16/h5,8H,3-4,6-7H2,1-2H3,(H,15,19). The van der Waals surface area contributed by atoms with Crippen LogP contribution in [-0.2, 0) is 4.74 Å². The second-order valence-corrected chi connectivity index (χ2v) is 5.90. The van der Waals surface area contributed by atoms with E-state index in [0.717, 1.165) is 18.7 Å². The van der Waals surface area contributed by atoms with E-state index in [0.29, 0.717) is 18.9 Å². The number of ether oxygens (including phenoxy) is 2. The van der Waals surface area contributed by atoms with Crippen LogP contribution in [0.15, 0.2) is 10.9 Å². The minimum absolute atomic E-state index is 0.101. The Hall–Kier alpha value is -2.02. The highest BCUT2D eigenvalue weighted by atomic mass is 16.5. The van der Waals surface area contributed by atoms with Crippen LogP contribution in [0.1, 0.15) is 35.4 Å². The van der Waals surface area contributed by atoms with Crippen molar-refractivity contribution in [2.45, 2.75) is 24.9 Å². The Kier molecular flexibility index (Phi) is 2.42. The molecule has 1 aromatic rings. The van der Waals surface area contributed by atoms with E-state index in [1.807, 2.05) is 4.68 Å². The van der Waals surface area contributed by atoms with Crippen molar-refractivity contribution in [2.24, 2.45) is 0 Å². The summed E-state index contributed by atoms with van der Waals surface area (Å²) in [5, 5.41) is 5.14. The van der Waals surface area contributed by atoms with Crippen molar-refractivity contribution in [3.63, 3.8) is 0 Å². The number of amides is 1. The third-order valence-electron chi connectivity index (χ3n) is 4.63. The summed E-state index contributed by atoms with van der Waals surface area (Å²) in [6.45, 7) is 3.87. The molecule has 21 heavy (non-hydrogen) atoms. The number of hydrogen-bond acceptors (Lipinski definition) is 5. The summed E-state index contributed by atoms with van der Waals surface area (Å²) in [7, 11) is 1.42. The molecule has 7 nitrogen and oxygen atoms in total. The SMILES string of the molecule is COc1c2n3c(cc1=O)C(C)CN3C1(CCOC1)NC2=O. The van der Waals surface area contributed by atoms with Crippen LogP contribution < -0.4 is 20.5 Å².